The SMILES string of the molecule is CC(C)C(c1cc2ccccc2n1Cc1ccncc1)N1C/C(=C/CC(=O)NO)N=N1. The Hall–Kier alpha value is -3.52. The molecule has 0 radical (unpaired) electrons. The molecule has 2 aromatic heterocycles. The minimum Gasteiger partial charge on any atom is -0.338 e. The molecule has 3 heterocycles. The van der Waals surface area contributed by atoms with Gasteiger partial charge < -0.3 is 4.57 Å². The Morgan fingerprint density at radius 2 is 2.00 bits per heavy atom. The number of hydroxylamine groups is 1. The molecule has 3 aromatic rings. The van der Waals surface area contributed by atoms with E-state index in [9.17, 15) is 4.79 Å². The summed E-state index contributed by atoms with van der Waals surface area (Å²) in [6, 6.07) is 14.7. The van der Waals surface area contributed by atoms with Crippen LogP contribution in [-0.2, 0) is 11.3 Å². The van der Waals surface area contributed by atoms with Gasteiger partial charge in [-0.1, -0.05) is 37.3 Å². The van der Waals surface area contributed by atoms with Crippen molar-refractivity contribution in [3.05, 3.63) is 77.9 Å². The van der Waals surface area contributed by atoms with E-state index in [1.165, 1.54) is 22.2 Å². The summed E-state index contributed by atoms with van der Waals surface area (Å²) in [5.74, 6) is -0.196. The summed E-state index contributed by atoms with van der Waals surface area (Å²) >= 11 is 0. The molecule has 0 saturated heterocycles. The van der Waals surface area contributed by atoms with Gasteiger partial charge in [0.25, 0.3) is 0 Å². The second-order valence-corrected chi connectivity index (χ2v) is 7.98. The van der Waals surface area contributed by atoms with Crippen LogP contribution in [0.15, 0.2) is 77.0 Å². The Morgan fingerprint density at radius 1 is 1.23 bits per heavy atom. The first-order chi connectivity index (χ1) is 15.1. The number of hydrogen-bond acceptors (Lipinski definition) is 6. The Morgan fingerprint density at radius 3 is 2.74 bits per heavy atom. The molecule has 0 saturated carbocycles. The van der Waals surface area contributed by atoms with Crippen molar-refractivity contribution < 1.29 is 10.0 Å². The van der Waals surface area contributed by atoms with Gasteiger partial charge in [0.1, 0.15) is 0 Å². The van der Waals surface area contributed by atoms with Crippen LogP contribution in [-0.4, -0.2) is 32.2 Å². The van der Waals surface area contributed by atoms with E-state index in [-0.39, 0.29) is 18.4 Å². The van der Waals surface area contributed by atoms with Crippen molar-refractivity contribution in [3.8, 4) is 0 Å². The lowest BCUT2D eigenvalue weighted by molar-refractivity contribution is -0.128. The zero-order chi connectivity index (χ0) is 21.8. The van der Waals surface area contributed by atoms with Crippen molar-refractivity contribution in [1.82, 2.24) is 20.0 Å². The number of rotatable bonds is 7. The maximum atomic E-state index is 11.3. The molecule has 1 atom stereocenters. The van der Waals surface area contributed by atoms with Crippen LogP contribution in [0.2, 0.25) is 0 Å². The zero-order valence-electron chi connectivity index (χ0n) is 17.6. The minimum atomic E-state index is -0.473. The van der Waals surface area contributed by atoms with Gasteiger partial charge in [0, 0.05) is 36.6 Å². The second-order valence-electron chi connectivity index (χ2n) is 7.98. The van der Waals surface area contributed by atoms with Gasteiger partial charge in [-0.05, 0) is 47.2 Å². The van der Waals surface area contributed by atoms with Crippen molar-refractivity contribution in [3.63, 3.8) is 0 Å². The topological polar surface area (TPSA) is 95.1 Å². The van der Waals surface area contributed by atoms with Crippen LogP contribution in [0.25, 0.3) is 10.9 Å². The molecule has 1 aliphatic heterocycles. The van der Waals surface area contributed by atoms with Crippen LogP contribution in [0.1, 0.15) is 37.6 Å². The second kappa shape index (κ2) is 9.09. The Balaban J connectivity index is 1.69. The minimum absolute atomic E-state index is 0.00977. The number of carbonyl (C=O) groups is 1. The molecule has 1 unspecified atom stereocenters. The van der Waals surface area contributed by atoms with Gasteiger partial charge in [-0.3, -0.25) is 20.0 Å². The van der Waals surface area contributed by atoms with Crippen LogP contribution in [0.4, 0.5) is 0 Å². The fourth-order valence-electron chi connectivity index (χ4n) is 4.02. The van der Waals surface area contributed by atoms with Crippen LogP contribution >= 0.6 is 0 Å². The van der Waals surface area contributed by atoms with Crippen molar-refractivity contribution in [1.29, 1.82) is 0 Å². The highest BCUT2D eigenvalue weighted by molar-refractivity contribution is 5.81. The van der Waals surface area contributed by atoms with Crippen LogP contribution in [0.5, 0.6) is 0 Å². The van der Waals surface area contributed by atoms with Crippen molar-refractivity contribution >= 4 is 16.8 Å². The van der Waals surface area contributed by atoms with E-state index < -0.39 is 5.91 Å². The molecule has 0 aliphatic carbocycles. The summed E-state index contributed by atoms with van der Waals surface area (Å²) < 4.78 is 2.34. The van der Waals surface area contributed by atoms with E-state index in [1.54, 1.807) is 11.6 Å². The number of benzene rings is 1. The number of pyridine rings is 1. The first kappa shape index (κ1) is 20.7. The highest BCUT2D eigenvalue weighted by Gasteiger charge is 2.30. The third-order valence-corrected chi connectivity index (χ3v) is 5.45. The third-order valence-electron chi connectivity index (χ3n) is 5.45. The van der Waals surface area contributed by atoms with E-state index in [0.717, 1.165) is 6.54 Å². The van der Waals surface area contributed by atoms with E-state index in [4.69, 9.17) is 5.21 Å². The normalized spacial score (nSPS) is 15.9. The molecule has 8 heteroatoms. The van der Waals surface area contributed by atoms with E-state index in [0.29, 0.717) is 12.2 Å². The summed E-state index contributed by atoms with van der Waals surface area (Å²) in [5.41, 5.74) is 5.87. The fraction of sp³-hybridized carbons (Fsp3) is 0.304. The van der Waals surface area contributed by atoms with Gasteiger partial charge in [0.2, 0.25) is 5.91 Å². The van der Waals surface area contributed by atoms with Crippen molar-refractivity contribution in [2.45, 2.75) is 32.9 Å². The molecule has 0 spiro atoms. The zero-order valence-corrected chi connectivity index (χ0v) is 17.6. The predicted molar refractivity (Wildman–Crippen MR) is 117 cm³/mol. The predicted octanol–water partition coefficient (Wildman–Crippen LogP) is 4.24. The van der Waals surface area contributed by atoms with Gasteiger partial charge in [-0.15, -0.1) is 5.11 Å². The highest BCUT2D eigenvalue weighted by Crippen LogP contribution is 2.36. The quantitative estimate of drug-likeness (QED) is 0.443. The maximum absolute atomic E-state index is 11.3. The van der Waals surface area contributed by atoms with Crippen LogP contribution in [0.3, 0.4) is 0 Å². The first-order valence-corrected chi connectivity index (χ1v) is 10.3. The van der Waals surface area contributed by atoms with Gasteiger partial charge in [0.15, 0.2) is 0 Å². The van der Waals surface area contributed by atoms with E-state index in [1.807, 2.05) is 29.5 Å². The number of hydrogen-bond donors (Lipinski definition) is 2. The Labute approximate surface area is 180 Å². The first-order valence-electron chi connectivity index (χ1n) is 10.3. The molecule has 4 rings (SSSR count). The average molecular weight is 419 g/mol. The van der Waals surface area contributed by atoms with Crippen molar-refractivity contribution in [2.75, 3.05) is 6.54 Å². The van der Waals surface area contributed by atoms with Crippen LogP contribution in [0, 0.1) is 5.92 Å². The molecular formula is C23H26N6O2. The number of para-hydroxylation sites is 1. The number of aromatic nitrogens is 2. The number of fused-ring (bicyclic) bond motifs is 1. The van der Waals surface area contributed by atoms with E-state index in [2.05, 4.69) is 64.1 Å². The molecule has 0 fully saturated rings. The number of nitrogens with one attached hydrogen (secondary N) is 1. The molecule has 8 nitrogen and oxygen atoms in total. The molecule has 160 valence electrons. The number of amides is 1. The summed E-state index contributed by atoms with van der Waals surface area (Å²) in [4.78, 5) is 15.5. The van der Waals surface area contributed by atoms with Gasteiger partial charge >= 0.3 is 0 Å². The molecule has 1 aromatic carbocycles. The Kier molecular flexibility index (Phi) is 6.08. The number of nitrogens with zero attached hydrogens (tertiary/aromatic N) is 5. The maximum Gasteiger partial charge on any atom is 0.247 e. The van der Waals surface area contributed by atoms with Gasteiger partial charge in [-0.2, -0.15) is 0 Å². The van der Waals surface area contributed by atoms with Gasteiger partial charge in [0.05, 0.1) is 18.3 Å². The molecule has 2 N–H and O–H groups in total. The monoisotopic (exact) mass is 418 g/mol. The lowest BCUT2D eigenvalue weighted by atomic mass is 9.99. The van der Waals surface area contributed by atoms with Crippen LogP contribution < -0.4 is 5.48 Å². The summed E-state index contributed by atoms with van der Waals surface area (Å²) in [6.45, 7) is 5.60. The standard InChI is InChI=1S/C23H26N6O2/c1-16(2)23(29-15-19(25-27-29)7-8-22(30)26-31)21-13-18-5-3-4-6-20(18)28(21)14-17-9-11-24-12-10-17/h3-7,9-13,16,23,31H,8,14-15H2,1-2H3,(H,26,30)/b19-7-. The Bertz CT molecular complexity index is 1120. The largest absolute Gasteiger partial charge is 0.338 e. The smallest absolute Gasteiger partial charge is 0.247 e. The summed E-state index contributed by atoms with van der Waals surface area (Å²) in [6.07, 6.45) is 5.39. The van der Waals surface area contributed by atoms with E-state index >= 15 is 0 Å². The van der Waals surface area contributed by atoms with Crippen molar-refractivity contribution in [2.24, 2.45) is 16.3 Å². The molecule has 0 bridgehead atoms. The molecule has 31 heavy (non-hydrogen) atoms. The lowest BCUT2D eigenvalue weighted by Crippen LogP contribution is -2.28. The summed E-state index contributed by atoms with van der Waals surface area (Å²) in [7, 11) is 0. The average Bonchev–Trinajstić information content (AvgIpc) is 3.38. The fourth-order valence-corrected chi connectivity index (χ4v) is 4.02. The third kappa shape index (κ3) is 4.49. The molecule has 1 amide bonds. The van der Waals surface area contributed by atoms with Gasteiger partial charge in [-0.25, -0.2) is 5.48 Å². The lowest BCUT2D eigenvalue weighted by Gasteiger charge is -2.29. The summed E-state index contributed by atoms with van der Waals surface area (Å²) in [5, 5.41) is 20.5. The number of carbonyl (C=O) groups excluding carboxylic acids is 1. The molecular weight excluding hydrogens is 392 g/mol. The molecule has 1 aliphatic rings. The highest BCUT2D eigenvalue weighted by atomic mass is 16.5.